The first kappa shape index (κ1) is 26.1. The predicted octanol–water partition coefficient (Wildman–Crippen LogP) is 4.04. The van der Waals surface area contributed by atoms with E-state index in [4.69, 9.17) is 10.5 Å². The Kier molecular flexibility index (Phi) is 8.41. The van der Waals surface area contributed by atoms with E-state index in [0.29, 0.717) is 28.7 Å². The zero-order valence-electron chi connectivity index (χ0n) is 19.3. The molecule has 0 bridgehead atoms. The minimum absolute atomic E-state index is 0.0553. The summed E-state index contributed by atoms with van der Waals surface area (Å²) in [5.74, 6) is -1.70. The zero-order chi connectivity index (χ0) is 25.7. The van der Waals surface area contributed by atoms with E-state index in [2.05, 4.69) is 22.1 Å². The largest absolute Gasteiger partial charge is 0.459 e. The molecule has 35 heavy (non-hydrogen) atoms. The molecular weight excluding hydrogens is 493 g/mol. The molecule has 0 aliphatic rings. The minimum Gasteiger partial charge on any atom is -0.459 e. The molecule has 1 aromatic carbocycles. The Balaban J connectivity index is 1.79. The Hall–Kier alpha value is -3.51. The van der Waals surface area contributed by atoms with Gasteiger partial charge in [0.05, 0.1) is 22.3 Å². The molecule has 9 nitrogen and oxygen atoms in total. The number of allylic oxidation sites excluding steroid dienone is 1. The summed E-state index contributed by atoms with van der Waals surface area (Å²) in [6, 6.07) is 5.84. The molecule has 2 heterocycles. The van der Waals surface area contributed by atoms with Gasteiger partial charge in [0, 0.05) is 12.1 Å². The van der Waals surface area contributed by atoms with Crippen molar-refractivity contribution >= 4 is 45.9 Å². The molecule has 3 aromatic rings. The number of amides is 2. The number of primary amides is 1. The maximum absolute atomic E-state index is 13.3. The molecule has 0 atom stereocenters. The van der Waals surface area contributed by atoms with E-state index in [1.807, 2.05) is 0 Å². The molecule has 184 valence electrons. The van der Waals surface area contributed by atoms with E-state index in [0.717, 1.165) is 23.1 Å². The second-order valence-electron chi connectivity index (χ2n) is 7.63. The van der Waals surface area contributed by atoms with Gasteiger partial charge in [-0.05, 0) is 50.6 Å². The van der Waals surface area contributed by atoms with Crippen LogP contribution in [0.4, 0.5) is 9.39 Å². The number of thioether (sulfide) groups is 1. The molecule has 0 saturated carbocycles. The average molecular weight is 518 g/mol. The number of carbonyl (C=O) groups is 3. The van der Waals surface area contributed by atoms with Gasteiger partial charge in [0.2, 0.25) is 5.91 Å². The van der Waals surface area contributed by atoms with Crippen LogP contribution in [0.5, 0.6) is 0 Å². The van der Waals surface area contributed by atoms with Crippen molar-refractivity contribution in [3.8, 4) is 11.4 Å². The van der Waals surface area contributed by atoms with Crippen molar-refractivity contribution in [2.75, 3.05) is 11.1 Å². The van der Waals surface area contributed by atoms with Crippen LogP contribution >= 0.6 is 23.1 Å². The standard InChI is InChI=1S/C23H24FN5O4S2/c1-5-10-29-20(14-6-8-15(24)9-7-14)27-28-23(29)34-11-16(30)26-21-17(22(32)33-12(2)3)13(4)18(35-21)19(25)31/h5-9,12H,1,10-11H2,2-4H3,(H2,25,31)(H,26,30). The molecule has 0 saturated heterocycles. The number of anilines is 1. The second-order valence-corrected chi connectivity index (χ2v) is 9.59. The van der Waals surface area contributed by atoms with Gasteiger partial charge in [-0.3, -0.25) is 14.2 Å². The van der Waals surface area contributed by atoms with Crippen LogP contribution in [0.3, 0.4) is 0 Å². The quantitative estimate of drug-likeness (QED) is 0.236. The van der Waals surface area contributed by atoms with Gasteiger partial charge in [0.15, 0.2) is 11.0 Å². The normalized spacial score (nSPS) is 10.9. The number of hydrogen-bond acceptors (Lipinski definition) is 8. The fourth-order valence-electron chi connectivity index (χ4n) is 3.15. The van der Waals surface area contributed by atoms with Gasteiger partial charge in [0.25, 0.3) is 5.91 Å². The number of benzene rings is 1. The van der Waals surface area contributed by atoms with Crippen LogP contribution in [0.15, 0.2) is 42.1 Å². The highest BCUT2D eigenvalue weighted by Gasteiger charge is 2.26. The molecule has 2 amide bonds. The van der Waals surface area contributed by atoms with Crippen molar-refractivity contribution in [1.82, 2.24) is 14.8 Å². The molecule has 3 N–H and O–H groups in total. The Labute approximate surface area is 209 Å². The fourth-order valence-corrected chi connectivity index (χ4v) is 4.96. The van der Waals surface area contributed by atoms with E-state index < -0.39 is 17.8 Å². The maximum atomic E-state index is 13.3. The number of nitrogens with two attached hydrogens (primary N) is 1. The van der Waals surface area contributed by atoms with Gasteiger partial charge < -0.3 is 15.8 Å². The molecule has 0 aliphatic heterocycles. The van der Waals surface area contributed by atoms with Gasteiger partial charge in [-0.15, -0.1) is 28.1 Å². The summed E-state index contributed by atoms with van der Waals surface area (Å²) in [5.41, 5.74) is 6.54. The van der Waals surface area contributed by atoms with Crippen molar-refractivity contribution in [3.05, 3.63) is 58.7 Å². The van der Waals surface area contributed by atoms with Crippen molar-refractivity contribution in [2.45, 2.75) is 38.6 Å². The van der Waals surface area contributed by atoms with Crippen LogP contribution in [0.1, 0.15) is 39.4 Å². The number of halogens is 1. The molecule has 0 aliphatic carbocycles. The third-order valence-electron chi connectivity index (χ3n) is 4.63. The van der Waals surface area contributed by atoms with Gasteiger partial charge in [0.1, 0.15) is 10.8 Å². The number of nitrogens with zero attached hydrogens (tertiary/aromatic N) is 3. The Morgan fingerprint density at radius 3 is 2.57 bits per heavy atom. The van der Waals surface area contributed by atoms with E-state index in [1.54, 1.807) is 43.5 Å². The van der Waals surface area contributed by atoms with Gasteiger partial charge >= 0.3 is 5.97 Å². The lowest BCUT2D eigenvalue weighted by Gasteiger charge is -2.10. The second kappa shape index (κ2) is 11.3. The van der Waals surface area contributed by atoms with E-state index in [1.165, 1.54) is 12.1 Å². The van der Waals surface area contributed by atoms with E-state index in [9.17, 15) is 18.8 Å². The number of esters is 1. The first-order chi connectivity index (χ1) is 16.6. The number of rotatable bonds is 10. The Morgan fingerprint density at radius 1 is 1.29 bits per heavy atom. The predicted molar refractivity (Wildman–Crippen MR) is 133 cm³/mol. The number of aromatic nitrogens is 3. The summed E-state index contributed by atoms with van der Waals surface area (Å²) in [4.78, 5) is 37.3. The summed E-state index contributed by atoms with van der Waals surface area (Å²) in [6.07, 6.45) is 1.27. The highest BCUT2D eigenvalue weighted by Crippen LogP contribution is 2.34. The van der Waals surface area contributed by atoms with Crippen LogP contribution in [-0.2, 0) is 16.1 Å². The van der Waals surface area contributed by atoms with Crippen LogP contribution in [0.25, 0.3) is 11.4 Å². The van der Waals surface area contributed by atoms with E-state index >= 15 is 0 Å². The Morgan fingerprint density at radius 2 is 1.97 bits per heavy atom. The lowest BCUT2D eigenvalue weighted by atomic mass is 10.1. The summed E-state index contributed by atoms with van der Waals surface area (Å²) in [6.45, 7) is 9.09. The average Bonchev–Trinajstić information content (AvgIpc) is 3.33. The monoisotopic (exact) mass is 517 g/mol. The van der Waals surface area contributed by atoms with Crippen molar-refractivity contribution in [1.29, 1.82) is 0 Å². The fraction of sp³-hybridized carbons (Fsp3) is 0.261. The minimum atomic E-state index is -0.702. The summed E-state index contributed by atoms with van der Waals surface area (Å²) in [5, 5.41) is 11.7. The number of hydrogen-bond donors (Lipinski definition) is 2. The van der Waals surface area contributed by atoms with Gasteiger partial charge in [-0.25, -0.2) is 9.18 Å². The van der Waals surface area contributed by atoms with Crippen molar-refractivity contribution in [2.24, 2.45) is 5.73 Å². The van der Waals surface area contributed by atoms with Crippen molar-refractivity contribution in [3.63, 3.8) is 0 Å². The lowest BCUT2D eigenvalue weighted by molar-refractivity contribution is -0.113. The first-order valence-electron chi connectivity index (χ1n) is 10.5. The van der Waals surface area contributed by atoms with Gasteiger partial charge in [-0.1, -0.05) is 17.8 Å². The van der Waals surface area contributed by atoms with Crippen LogP contribution < -0.4 is 11.1 Å². The summed E-state index contributed by atoms with van der Waals surface area (Å²) >= 11 is 2.05. The number of thiophene rings is 1. The highest BCUT2D eigenvalue weighted by molar-refractivity contribution is 7.99. The summed E-state index contributed by atoms with van der Waals surface area (Å²) in [7, 11) is 0. The number of nitrogens with one attached hydrogen (secondary N) is 1. The third kappa shape index (κ3) is 6.14. The third-order valence-corrected chi connectivity index (χ3v) is 6.82. The molecular formula is C23H24FN5O4S2. The molecule has 12 heteroatoms. The highest BCUT2D eigenvalue weighted by atomic mass is 32.2. The number of carbonyl (C=O) groups excluding carboxylic acids is 3. The lowest BCUT2D eigenvalue weighted by Crippen LogP contribution is -2.18. The molecule has 0 fully saturated rings. The van der Waals surface area contributed by atoms with Crippen LogP contribution in [0, 0.1) is 12.7 Å². The zero-order valence-corrected chi connectivity index (χ0v) is 21.0. The molecule has 0 spiro atoms. The van der Waals surface area contributed by atoms with Crippen LogP contribution in [-0.4, -0.2) is 44.4 Å². The Bertz CT molecular complexity index is 1270. The smallest absolute Gasteiger partial charge is 0.341 e. The first-order valence-corrected chi connectivity index (χ1v) is 12.3. The molecule has 2 aromatic heterocycles. The number of ether oxygens (including phenoxy) is 1. The van der Waals surface area contributed by atoms with E-state index in [-0.39, 0.29) is 33.1 Å². The molecule has 0 unspecified atom stereocenters. The topological polar surface area (TPSA) is 129 Å². The SMILES string of the molecule is C=CCn1c(SCC(=O)Nc2sc(C(N)=O)c(C)c2C(=O)OC(C)C)nnc1-c1ccc(F)cc1. The summed E-state index contributed by atoms with van der Waals surface area (Å²) < 4.78 is 20.3. The van der Waals surface area contributed by atoms with Crippen LogP contribution in [0.2, 0.25) is 0 Å². The van der Waals surface area contributed by atoms with Crippen molar-refractivity contribution < 1.29 is 23.5 Å². The molecule has 3 rings (SSSR count). The molecule has 0 radical (unpaired) electrons. The van der Waals surface area contributed by atoms with Gasteiger partial charge in [-0.2, -0.15) is 0 Å². The maximum Gasteiger partial charge on any atom is 0.341 e.